The van der Waals surface area contributed by atoms with Crippen LogP contribution in [-0.4, -0.2) is 36.9 Å². The zero-order valence-corrected chi connectivity index (χ0v) is 16.8. The smallest absolute Gasteiger partial charge is 0.254 e. The molecule has 0 saturated carbocycles. The number of nitrogens with one attached hydrogen (secondary N) is 1. The molecule has 2 aromatic rings. The second-order valence-electron chi connectivity index (χ2n) is 6.70. The van der Waals surface area contributed by atoms with E-state index in [0.717, 1.165) is 31.4 Å². The van der Waals surface area contributed by atoms with Gasteiger partial charge in [-0.25, -0.2) is 0 Å². The number of carbonyl (C=O) groups is 2. The Morgan fingerprint density at radius 1 is 1.37 bits per heavy atom. The van der Waals surface area contributed by atoms with Crippen molar-refractivity contribution in [3.05, 3.63) is 45.6 Å². The van der Waals surface area contributed by atoms with Crippen molar-refractivity contribution in [3.8, 4) is 5.75 Å². The molecule has 27 heavy (non-hydrogen) atoms. The van der Waals surface area contributed by atoms with Crippen LogP contribution in [0.3, 0.4) is 0 Å². The number of hydrogen-bond acceptors (Lipinski definition) is 4. The van der Waals surface area contributed by atoms with Crippen LogP contribution < -0.4 is 10.1 Å². The van der Waals surface area contributed by atoms with Crippen LogP contribution >= 0.6 is 22.9 Å². The van der Waals surface area contributed by atoms with Crippen LogP contribution in [0.2, 0.25) is 5.02 Å². The van der Waals surface area contributed by atoms with E-state index in [4.69, 9.17) is 16.3 Å². The molecule has 1 N–H and O–H groups in total. The molecule has 1 fully saturated rings. The molecular weight excluding hydrogens is 384 g/mol. The molecule has 2 amide bonds. The average Bonchev–Trinajstić information content (AvgIpc) is 3.21. The lowest BCUT2D eigenvalue weighted by molar-refractivity contribution is -0.116. The molecule has 7 heteroatoms. The summed E-state index contributed by atoms with van der Waals surface area (Å²) < 4.78 is 5.25. The SMILES string of the molecule is COc1ccc(Cl)cc1NC(=O)CC[C@H]1CCCN(C(=O)c2ccsc2)C1. The number of carbonyl (C=O) groups excluding carboxylic acids is 2. The molecule has 0 bridgehead atoms. The summed E-state index contributed by atoms with van der Waals surface area (Å²) in [6.45, 7) is 1.50. The highest BCUT2D eigenvalue weighted by Gasteiger charge is 2.25. The standard InChI is InChI=1S/C20H23ClN2O3S/c1-26-18-6-5-16(21)11-17(18)22-19(24)7-4-14-3-2-9-23(12-14)20(25)15-8-10-27-13-15/h5-6,8,10-11,13-14H,2-4,7,9,12H2,1H3,(H,22,24)/t14-/m1/s1. The van der Waals surface area contributed by atoms with Crippen LogP contribution in [-0.2, 0) is 4.79 Å². The van der Waals surface area contributed by atoms with Crippen molar-refractivity contribution in [2.24, 2.45) is 5.92 Å². The van der Waals surface area contributed by atoms with Crippen molar-refractivity contribution in [3.63, 3.8) is 0 Å². The first-order chi connectivity index (χ1) is 13.1. The summed E-state index contributed by atoms with van der Waals surface area (Å²) in [7, 11) is 1.56. The molecule has 2 heterocycles. The molecule has 5 nitrogen and oxygen atoms in total. The number of likely N-dealkylation sites (tertiary alicyclic amines) is 1. The monoisotopic (exact) mass is 406 g/mol. The van der Waals surface area contributed by atoms with Gasteiger partial charge in [-0.05, 0) is 54.8 Å². The molecule has 1 aliphatic heterocycles. The van der Waals surface area contributed by atoms with Crippen molar-refractivity contribution >= 4 is 40.4 Å². The van der Waals surface area contributed by atoms with Gasteiger partial charge in [-0.2, -0.15) is 11.3 Å². The molecule has 144 valence electrons. The number of methoxy groups -OCH3 is 1. The highest BCUT2D eigenvalue weighted by Crippen LogP contribution is 2.28. The number of thiophene rings is 1. The van der Waals surface area contributed by atoms with E-state index in [1.54, 1.807) is 25.3 Å². The van der Waals surface area contributed by atoms with Gasteiger partial charge in [0.25, 0.3) is 5.91 Å². The molecule has 1 atom stereocenters. The first-order valence-electron chi connectivity index (χ1n) is 9.01. The van der Waals surface area contributed by atoms with Crippen molar-refractivity contribution in [1.82, 2.24) is 4.90 Å². The van der Waals surface area contributed by atoms with Crippen LogP contribution in [0.4, 0.5) is 5.69 Å². The van der Waals surface area contributed by atoms with Crippen LogP contribution in [0, 0.1) is 5.92 Å². The van der Waals surface area contributed by atoms with Gasteiger partial charge in [0, 0.05) is 29.9 Å². The zero-order valence-electron chi connectivity index (χ0n) is 15.2. The number of hydrogen-bond donors (Lipinski definition) is 1. The second-order valence-corrected chi connectivity index (χ2v) is 7.92. The van der Waals surface area contributed by atoms with E-state index >= 15 is 0 Å². The number of amides is 2. The molecule has 0 spiro atoms. The summed E-state index contributed by atoms with van der Waals surface area (Å²) in [5.41, 5.74) is 1.33. The molecule has 1 aromatic carbocycles. The largest absolute Gasteiger partial charge is 0.495 e. The Morgan fingerprint density at radius 3 is 2.96 bits per heavy atom. The molecule has 3 rings (SSSR count). The Balaban J connectivity index is 1.51. The summed E-state index contributed by atoms with van der Waals surface area (Å²) >= 11 is 7.53. The van der Waals surface area contributed by atoms with Gasteiger partial charge in [0.15, 0.2) is 0 Å². The average molecular weight is 407 g/mol. The summed E-state index contributed by atoms with van der Waals surface area (Å²) in [4.78, 5) is 26.8. The number of anilines is 1. The summed E-state index contributed by atoms with van der Waals surface area (Å²) in [6.07, 6.45) is 3.18. The topological polar surface area (TPSA) is 58.6 Å². The number of halogens is 1. The van der Waals surface area contributed by atoms with Gasteiger partial charge in [0.2, 0.25) is 5.91 Å². The van der Waals surface area contributed by atoms with E-state index in [1.165, 1.54) is 11.3 Å². The minimum absolute atomic E-state index is 0.0724. The van der Waals surface area contributed by atoms with Crippen molar-refractivity contribution in [2.45, 2.75) is 25.7 Å². The van der Waals surface area contributed by atoms with E-state index < -0.39 is 0 Å². The normalized spacial score (nSPS) is 16.8. The molecule has 1 aliphatic rings. The maximum atomic E-state index is 12.5. The fraction of sp³-hybridized carbons (Fsp3) is 0.400. The summed E-state index contributed by atoms with van der Waals surface area (Å²) in [5.74, 6) is 0.942. The van der Waals surface area contributed by atoms with Crippen LogP contribution in [0.15, 0.2) is 35.0 Å². The first kappa shape index (κ1) is 19.7. The van der Waals surface area contributed by atoms with E-state index in [0.29, 0.717) is 35.3 Å². The molecule has 0 radical (unpaired) electrons. The highest BCUT2D eigenvalue weighted by atomic mass is 35.5. The first-order valence-corrected chi connectivity index (χ1v) is 10.3. The third kappa shape index (κ3) is 5.23. The molecule has 1 saturated heterocycles. The lowest BCUT2D eigenvalue weighted by Gasteiger charge is -2.32. The van der Waals surface area contributed by atoms with Gasteiger partial charge in [0.1, 0.15) is 5.75 Å². The van der Waals surface area contributed by atoms with E-state index in [9.17, 15) is 9.59 Å². The predicted molar refractivity (Wildman–Crippen MR) is 109 cm³/mol. The Morgan fingerprint density at radius 2 is 2.22 bits per heavy atom. The maximum Gasteiger partial charge on any atom is 0.254 e. The lowest BCUT2D eigenvalue weighted by atomic mass is 9.93. The fourth-order valence-corrected chi connectivity index (χ4v) is 4.18. The van der Waals surface area contributed by atoms with Gasteiger partial charge in [0.05, 0.1) is 18.4 Å². The Bertz CT molecular complexity index is 795. The Kier molecular flexibility index (Phi) is 6.74. The van der Waals surface area contributed by atoms with Crippen LogP contribution in [0.5, 0.6) is 5.75 Å². The van der Waals surface area contributed by atoms with Crippen molar-refractivity contribution in [2.75, 3.05) is 25.5 Å². The fourth-order valence-electron chi connectivity index (χ4n) is 3.38. The van der Waals surface area contributed by atoms with Crippen molar-refractivity contribution in [1.29, 1.82) is 0 Å². The third-order valence-corrected chi connectivity index (χ3v) is 5.71. The van der Waals surface area contributed by atoms with E-state index in [2.05, 4.69) is 5.32 Å². The van der Waals surface area contributed by atoms with E-state index in [1.807, 2.05) is 21.7 Å². The van der Waals surface area contributed by atoms with E-state index in [-0.39, 0.29) is 11.8 Å². The minimum Gasteiger partial charge on any atom is -0.495 e. The zero-order chi connectivity index (χ0) is 19.2. The van der Waals surface area contributed by atoms with Crippen molar-refractivity contribution < 1.29 is 14.3 Å². The molecule has 0 unspecified atom stereocenters. The lowest BCUT2D eigenvalue weighted by Crippen LogP contribution is -2.40. The highest BCUT2D eigenvalue weighted by molar-refractivity contribution is 7.08. The van der Waals surface area contributed by atoms with Gasteiger partial charge < -0.3 is 15.0 Å². The van der Waals surface area contributed by atoms with Gasteiger partial charge in [-0.3, -0.25) is 9.59 Å². The Labute approximate surface area is 168 Å². The molecule has 1 aromatic heterocycles. The summed E-state index contributed by atoms with van der Waals surface area (Å²) in [6, 6.07) is 6.99. The van der Waals surface area contributed by atoms with Crippen LogP contribution in [0.1, 0.15) is 36.0 Å². The Hall–Kier alpha value is -2.05. The minimum atomic E-state index is -0.0724. The quantitative estimate of drug-likeness (QED) is 0.757. The number of ether oxygens (including phenoxy) is 1. The second kappa shape index (κ2) is 9.24. The van der Waals surface area contributed by atoms with Gasteiger partial charge in [-0.1, -0.05) is 11.6 Å². The number of rotatable bonds is 6. The number of benzene rings is 1. The van der Waals surface area contributed by atoms with Crippen LogP contribution in [0.25, 0.3) is 0 Å². The van der Waals surface area contributed by atoms with Gasteiger partial charge in [-0.15, -0.1) is 0 Å². The van der Waals surface area contributed by atoms with Gasteiger partial charge >= 0.3 is 0 Å². The number of piperidine rings is 1. The summed E-state index contributed by atoms with van der Waals surface area (Å²) in [5, 5.41) is 7.22. The number of nitrogens with zero attached hydrogens (tertiary/aromatic N) is 1. The molecule has 0 aliphatic carbocycles. The molecular formula is C20H23ClN2O3S. The predicted octanol–water partition coefficient (Wildman–Crippen LogP) is 4.68. The third-order valence-electron chi connectivity index (χ3n) is 4.79. The maximum absolute atomic E-state index is 12.5.